The van der Waals surface area contributed by atoms with E-state index in [1.807, 2.05) is 50.5 Å². The van der Waals surface area contributed by atoms with Crippen LogP contribution in [0.5, 0.6) is 0 Å². The monoisotopic (exact) mass is 423 g/mol. The molecule has 3 rings (SSSR count). The standard InChI is InChI=1S/C23H29N5O2.CH4/c1-24-13-6-14-25-22-19-7-4-5-8-20(19)26-21(27-22)16-28(2)15-17-9-11-18(12-10-17)23(29)30-3;/h4-5,7-12,24H,6,13-16H2,1-3H3,(H,25,26,27);1H4. The van der Waals surface area contributed by atoms with Gasteiger partial charge in [0, 0.05) is 18.5 Å². The van der Waals surface area contributed by atoms with Gasteiger partial charge in [-0.25, -0.2) is 14.8 Å². The highest BCUT2D eigenvalue weighted by Gasteiger charge is 2.11. The molecule has 0 aliphatic rings. The quantitative estimate of drug-likeness (QED) is 0.380. The fourth-order valence-electron chi connectivity index (χ4n) is 3.28. The Morgan fingerprint density at radius 1 is 1.03 bits per heavy atom. The van der Waals surface area contributed by atoms with E-state index in [2.05, 4.69) is 15.5 Å². The van der Waals surface area contributed by atoms with Gasteiger partial charge < -0.3 is 15.4 Å². The number of nitrogens with zero attached hydrogens (tertiary/aromatic N) is 3. The average molecular weight is 424 g/mol. The fourth-order valence-corrected chi connectivity index (χ4v) is 3.28. The van der Waals surface area contributed by atoms with Gasteiger partial charge in [0.25, 0.3) is 0 Å². The van der Waals surface area contributed by atoms with Gasteiger partial charge in [0.05, 0.1) is 24.7 Å². The van der Waals surface area contributed by atoms with E-state index in [4.69, 9.17) is 14.7 Å². The molecule has 3 aromatic rings. The van der Waals surface area contributed by atoms with E-state index in [0.29, 0.717) is 12.1 Å². The summed E-state index contributed by atoms with van der Waals surface area (Å²) >= 11 is 0. The third kappa shape index (κ3) is 6.73. The zero-order valence-electron chi connectivity index (χ0n) is 17.8. The number of methoxy groups -OCH3 is 1. The number of rotatable bonds is 10. The molecule has 0 bridgehead atoms. The minimum Gasteiger partial charge on any atom is -0.465 e. The molecule has 1 aromatic heterocycles. The molecule has 7 nitrogen and oxygen atoms in total. The molecular formula is C24H33N5O2. The normalized spacial score (nSPS) is 10.7. The van der Waals surface area contributed by atoms with Gasteiger partial charge in [0.15, 0.2) is 0 Å². The van der Waals surface area contributed by atoms with Crippen LogP contribution < -0.4 is 10.6 Å². The second-order valence-electron chi connectivity index (χ2n) is 7.25. The second-order valence-corrected chi connectivity index (χ2v) is 7.25. The summed E-state index contributed by atoms with van der Waals surface area (Å²) in [6.07, 6.45) is 1.02. The molecule has 0 unspecified atom stereocenters. The Bertz CT molecular complexity index is 975. The molecule has 2 N–H and O–H groups in total. The summed E-state index contributed by atoms with van der Waals surface area (Å²) in [7, 11) is 5.38. The number of hydrogen-bond donors (Lipinski definition) is 2. The lowest BCUT2D eigenvalue weighted by atomic mass is 10.1. The molecule has 7 heteroatoms. The summed E-state index contributed by atoms with van der Waals surface area (Å²) in [4.78, 5) is 23.3. The smallest absolute Gasteiger partial charge is 0.337 e. The van der Waals surface area contributed by atoms with E-state index in [9.17, 15) is 4.79 Å². The van der Waals surface area contributed by atoms with Crippen molar-refractivity contribution in [2.75, 3.05) is 39.6 Å². The van der Waals surface area contributed by atoms with Crippen molar-refractivity contribution in [3.05, 3.63) is 65.5 Å². The third-order valence-electron chi connectivity index (χ3n) is 4.78. The highest BCUT2D eigenvalue weighted by Crippen LogP contribution is 2.21. The molecule has 0 atom stereocenters. The molecular weight excluding hydrogens is 390 g/mol. The maximum absolute atomic E-state index is 11.6. The number of carbonyl (C=O) groups is 1. The van der Waals surface area contributed by atoms with E-state index >= 15 is 0 Å². The first-order valence-corrected chi connectivity index (χ1v) is 10.1. The number of nitrogens with one attached hydrogen (secondary N) is 2. The molecule has 0 radical (unpaired) electrons. The topological polar surface area (TPSA) is 79.4 Å². The van der Waals surface area contributed by atoms with Crippen molar-refractivity contribution in [3.8, 4) is 0 Å². The van der Waals surface area contributed by atoms with Crippen LogP contribution in [0, 0.1) is 0 Å². The summed E-state index contributed by atoms with van der Waals surface area (Å²) in [5, 5.41) is 7.65. The number of benzene rings is 2. The number of para-hydroxylation sites is 1. The van der Waals surface area contributed by atoms with E-state index in [1.54, 1.807) is 12.1 Å². The highest BCUT2D eigenvalue weighted by molar-refractivity contribution is 5.89. The lowest BCUT2D eigenvalue weighted by Crippen LogP contribution is -2.20. The number of ether oxygens (including phenoxy) is 1. The van der Waals surface area contributed by atoms with Crippen LogP contribution in [0.15, 0.2) is 48.5 Å². The molecule has 1 heterocycles. The second kappa shape index (κ2) is 12.0. The zero-order valence-corrected chi connectivity index (χ0v) is 17.8. The van der Waals surface area contributed by atoms with Crippen molar-refractivity contribution < 1.29 is 9.53 Å². The van der Waals surface area contributed by atoms with Gasteiger partial charge in [0.1, 0.15) is 11.6 Å². The van der Waals surface area contributed by atoms with Crippen LogP contribution in [0.2, 0.25) is 0 Å². The first kappa shape index (κ1) is 24.2. The van der Waals surface area contributed by atoms with E-state index in [-0.39, 0.29) is 13.4 Å². The zero-order chi connectivity index (χ0) is 21.3. The van der Waals surface area contributed by atoms with Crippen LogP contribution in [0.4, 0.5) is 5.82 Å². The van der Waals surface area contributed by atoms with Crippen molar-refractivity contribution in [3.63, 3.8) is 0 Å². The van der Waals surface area contributed by atoms with Gasteiger partial charge in [-0.3, -0.25) is 4.90 Å². The lowest BCUT2D eigenvalue weighted by molar-refractivity contribution is 0.0600. The van der Waals surface area contributed by atoms with Crippen LogP contribution >= 0.6 is 0 Å². The minimum absolute atomic E-state index is 0. The average Bonchev–Trinajstić information content (AvgIpc) is 2.76. The molecule has 31 heavy (non-hydrogen) atoms. The molecule has 0 saturated heterocycles. The molecule has 0 saturated carbocycles. The third-order valence-corrected chi connectivity index (χ3v) is 4.78. The van der Waals surface area contributed by atoms with Gasteiger partial charge in [-0.05, 0) is 56.9 Å². The molecule has 0 aliphatic heterocycles. The number of fused-ring (bicyclic) bond motifs is 1. The van der Waals surface area contributed by atoms with Crippen LogP contribution in [-0.4, -0.2) is 55.1 Å². The summed E-state index contributed by atoms with van der Waals surface area (Å²) in [5.74, 6) is 1.33. The number of aromatic nitrogens is 2. The predicted molar refractivity (Wildman–Crippen MR) is 126 cm³/mol. The Labute approximate surface area is 184 Å². The fraction of sp³-hybridized carbons (Fsp3) is 0.375. The maximum Gasteiger partial charge on any atom is 0.337 e. The molecule has 2 aromatic carbocycles. The van der Waals surface area contributed by atoms with E-state index in [1.165, 1.54) is 7.11 Å². The summed E-state index contributed by atoms with van der Waals surface area (Å²) in [6, 6.07) is 15.5. The molecule has 0 amide bonds. The van der Waals surface area contributed by atoms with Gasteiger partial charge in [-0.1, -0.05) is 31.7 Å². The van der Waals surface area contributed by atoms with Crippen molar-refractivity contribution in [1.29, 1.82) is 0 Å². The van der Waals surface area contributed by atoms with Crippen LogP contribution in [0.1, 0.15) is 35.6 Å². The maximum atomic E-state index is 11.6. The molecule has 166 valence electrons. The molecule has 0 spiro atoms. The molecule has 0 fully saturated rings. The van der Waals surface area contributed by atoms with Crippen molar-refractivity contribution in [2.45, 2.75) is 26.9 Å². The first-order valence-electron chi connectivity index (χ1n) is 10.1. The van der Waals surface area contributed by atoms with Gasteiger partial charge in [-0.15, -0.1) is 0 Å². The number of hydrogen-bond acceptors (Lipinski definition) is 7. The van der Waals surface area contributed by atoms with E-state index < -0.39 is 0 Å². The van der Waals surface area contributed by atoms with Crippen LogP contribution in [-0.2, 0) is 17.8 Å². The van der Waals surface area contributed by atoms with Crippen LogP contribution in [0.3, 0.4) is 0 Å². The summed E-state index contributed by atoms with van der Waals surface area (Å²) < 4.78 is 4.75. The Morgan fingerprint density at radius 3 is 2.48 bits per heavy atom. The number of carbonyl (C=O) groups excluding carboxylic acids is 1. The SMILES string of the molecule is C.CNCCCNc1nc(CN(C)Cc2ccc(C(=O)OC)cc2)nc2ccccc12. The lowest BCUT2D eigenvalue weighted by Gasteiger charge is -2.17. The first-order chi connectivity index (χ1) is 14.6. The summed E-state index contributed by atoms with van der Waals surface area (Å²) in [5.41, 5.74) is 2.60. The predicted octanol–water partition coefficient (Wildman–Crippen LogP) is 3.71. The van der Waals surface area contributed by atoms with Gasteiger partial charge in [-0.2, -0.15) is 0 Å². The number of esters is 1. The molecule has 0 aliphatic carbocycles. The van der Waals surface area contributed by atoms with Crippen molar-refractivity contribution >= 4 is 22.7 Å². The van der Waals surface area contributed by atoms with E-state index in [0.717, 1.165) is 54.2 Å². The Morgan fingerprint density at radius 2 is 1.77 bits per heavy atom. The Hall–Kier alpha value is -3.03. The summed E-state index contributed by atoms with van der Waals surface area (Å²) in [6.45, 7) is 3.15. The van der Waals surface area contributed by atoms with Crippen LogP contribution in [0.25, 0.3) is 10.9 Å². The largest absolute Gasteiger partial charge is 0.465 e. The van der Waals surface area contributed by atoms with Gasteiger partial charge in [0.2, 0.25) is 0 Å². The Kier molecular flexibility index (Phi) is 9.37. The van der Waals surface area contributed by atoms with Crippen molar-refractivity contribution in [1.82, 2.24) is 20.2 Å². The minimum atomic E-state index is -0.325. The highest BCUT2D eigenvalue weighted by atomic mass is 16.5. The van der Waals surface area contributed by atoms with Crippen molar-refractivity contribution in [2.24, 2.45) is 0 Å². The van der Waals surface area contributed by atoms with Gasteiger partial charge >= 0.3 is 5.97 Å². The number of anilines is 1. The Balaban J connectivity index is 0.00000341.